The molecule has 0 radical (unpaired) electrons. The molecule has 1 aromatic carbocycles. The summed E-state index contributed by atoms with van der Waals surface area (Å²) in [5, 5.41) is 0.852. The second kappa shape index (κ2) is 6.28. The van der Waals surface area contributed by atoms with E-state index in [1.54, 1.807) is 0 Å². The molecular formula is C16H18BrFN2O. The van der Waals surface area contributed by atoms with Gasteiger partial charge in [0.2, 0.25) is 0 Å². The van der Waals surface area contributed by atoms with Crippen molar-refractivity contribution >= 4 is 26.8 Å². The molecule has 1 aliphatic heterocycles. The zero-order chi connectivity index (χ0) is 14.8. The van der Waals surface area contributed by atoms with Gasteiger partial charge in [-0.15, -0.1) is 0 Å². The number of rotatable bonds is 3. The molecule has 3 rings (SSSR count). The molecule has 3 nitrogen and oxygen atoms in total. The Kier molecular flexibility index (Phi) is 4.40. The van der Waals surface area contributed by atoms with E-state index in [9.17, 15) is 9.18 Å². The quantitative estimate of drug-likeness (QED) is 0.918. The predicted octanol–water partition coefficient (Wildman–Crippen LogP) is 3.46. The lowest BCUT2D eigenvalue weighted by Gasteiger charge is -2.26. The summed E-state index contributed by atoms with van der Waals surface area (Å²) in [5.41, 5.74) is 1.19. The second-order valence-corrected chi connectivity index (χ2v) is 6.48. The number of fused-ring (bicyclic) bond motifs is 1. The van der Waals surface area contributed by atoms with Crippen LogP contribution in [0.3, 0.4) is 0 Å². The minimum atomic E-state index is -0.355. The highest BCUT2D eigenvalue weighted by Crippen LogP contribution is 2.24. The number of nitrogens with zero attached hydrogens (tertiary/aromatic N) is 1. The van der Waals surface area contributed by atoms with Gasteiger partial charge in [-0.2, -0.15) is 0 Å². The third-order valence-electron chi connectivity index (χ3n) is 4.10. The highest BCUT2D eigenvalue weighted by atomic mass is 79.9. The van der Waals surface area contributed by atoms with Crippen molar-refractivity contribution < 1.29 is 4.39 Å². The Balaban J connectivity index is 1.85. The van der Waals surface area contributed by atoms with Gasteiger partial charge in [0.05, 0.1) is 5.52 Å². The van der Waals surface area contributed by atoms with Gasteiger partial charge in [-0.05, 0) is 66.5 Å². The Bertz CT molecular complexity index is 707. The smallest absolute Gasteiger partial charge is 0.251 e. The van der Waals surface area contributed by atoms with Crippen molar-refractivity contribution in [3.05, 3.63) is 44.4 Å². The van der Waals surface area contributed by atoms with Crippen molar-refractivity contribution in [1.82, 2.24) is 9.88 Å². The fourth-order valence-electron chi connectivity index (χ4n) is 2.92. The van der Waals surface area contributed by atoms with E-state index in [4.69, 9.17) is 0 Å². The van der Waals surface area contributed by atoms with Crippen LogP contribution < -0.4 is 5.56 Å². The number of likely N-dealkylation sites (tertiary alicyclic amines) is 1. The molecule has 1 aromatic heterocycles. The third-order valence-corrected chi connectivity index (χ3v) is 4.75. The molecule has 1 aliphatic rings. The number of benzene rings is 1. The zero-order valence-electron chi connectivity index (χ0n) is 11.8. The van der Waals surface area contributed by atoms with Gasteiger partial charge in [0.1, 0.15) is 5.82 Å². The average molecular weight is 353 g/mol. The number of hydrogen-bond acceptors (Lipinski definition) is 2. The van der Waals surface area contributed by atoms with Crippen LogP contribution in [0, 0.1) is 5.82 Å². The average Bonchev–Trinajstić information content (AvgIpc) is 2.46. The van der Waals surface area contributed by atoms with Crippen molar-refractivity contribution in [2.45, 2.75) is 25.7 Å². The molecule has 0 bridgehead atoms. The molecular weight excluding hydrogens is 335 g/mol. The minimum absolute atomic E-state index is 0.114. The minimum Gasteiger partial charge on any atom is -0.322 e. The van der Waals surface area contributed by atoms with Crippen molar-refractivity contribution in [1.29, 1.82) is 0 Å². The van der Waals surface area contributed by atoms with Crippen molar-refractivity contribution in [2.75, 3.05) is 19.6 Å². The first-order valence-electron chi connectivity index (χ1n) is 7.37. The lowest BCUT2D eigenvalue weighted by Crippen LogP contribution is -2.32. The number of H-pyrrole nitrogens is 1. The molecule has 1 saturated heterocycles. The van der Waals surface area contributed by atoms with Crippen LogP contribution in [-0.4, -0.2) is 29.5 Å². The topological polar surface area (TPSA) is 36.1 Å². The number of nitrogens with one attached hydrogen (secondary N) is 1. The Labute approximate surface area is 131 Å². The van der Waals surface area contributed by atoms with E-state index in [2.05, 4.69) is 25.8 Å². The summed E-state index contributed by atoms with van der Waals surface area (Å²) in [5.74, 6) is -0.355. The van der Waals surface area contributed by atoms with Gasteiger partial charge in [-0.25, -0.2) is 4.39 Å². The van der Waals surface area contributed by atoms with Crippen LogP contribution in [0.1, 0.15) is 24.8 Å². The molecule has 0 saturated carbocycles. The van der Waals surface area contributed by atoms with E-state index < -0.39 is 0 Å². The molecule has 0 amide bonds. The van der Waals surface area contributed by atoms with Crippen LogP contribution in [-0.2, 0) is 6.42 Å². The number of aromatic amines is 1. The van der Waals surface area contributed by atoms with Crippen LogP contribution >= 0.6 is 15.9 Å². The van der Waals surface area contributed by atoms with Gasteiger partial charge in [0, 0.05) is 22.0 Å². The van der Waals surface area contributed by atoms with Crippen LogP contribution in [0.2, 0.25) is 0 Å². The molecule has 0 atom stereocenters. The van der Waals surface area contributed by atoms with Gasteiger partial charge in [0.15, 0.2) is 0 Å². The van der Waals surface area contributed by atoms with Crippen LogP contribution in [0.5, 0.6) is 0 Å². The number of halogens is 2. The molecule has 112 valence electrons. The molecule has 0 aliphatic carbocycles. The maximum atomic E-state index is 13.4. The molecule has 21 heavy (non-hydrogen) atoms. The summed E-state index contributed by atoms with van der Waals surface area (Å²) in [4.78, 5) is 17.3. The summed E-state index contributed by atoms with van der Waals surface area (Å²) >= 11 is 3.36. The number of piperidine rings is 1. The van der Waals surface area contributed by atoms with Gasteiger partial charge in [-0.1, -0.05) is 6.42 Å². The summed E-state index contributed by atoms with van der Waals surface area (Å²) < 4.78 is 14.0. The summed E-state index contributed by atoms with van der Waals surface area (Å²) in [6.45, 7) is 3.16. The zero-order valence-corrected chi connectivity index (χ0v) is 13.4. The standard InChI is InChI=1S/C16H18BrFN2O/c17-14-9-12(18)10-15-13(14)8-11(16(21)19-15)4-7-20-5-2-1-3-6-20/h8-10H,1-7H2,(H,19,21). The van der Waals surface area contributed by atoms with E-state index in [1.165, 1.54) is 31.4 Å². The number of hydrogen-bond donors (Lipinski definition) is 1. The van der Waals surface area contributed by atoms with Crippen molar-refractivity contribution in [3.8, 4) is 0 Å². The summed E-state index contributed by atoms with van der Waals surface area (Å²) in [7, 11) is 0. The first kappa shape index (κ1) is 14.7. The Morgan fingerprint density at radius 2 is 1.95 bits per heavy atom. The maximum Gasteiger partial charge on any atom is 0.251 e. The van der Waals surface area contributed by atoms with Crippen LogP contribution in [0.15, 0.2) is 27.5 Å². The molecule has 2 aromatic rings. The van der Waals surface area contributed by atoms with E-state index in [0.29, 0.717) is 9.99 Å². The Morgan fingerprint density at radius 3 is 2.71 bits per heavy atom. The number of aromatic nitrogens is 1. The van der Waals surface area contributed by atoms with Gasteiger partial charge < -0.3 is 9.88 Å². The summed E-state index contributed by atoms with van der Waals surface area (Å²) in [6.07, 6.45) is 4.54. The van der Waals surface area contributed by atoms with Crippen molar-refractivity contribution in [3.63, 3.8) is 0 Å². The molecule has 2 heterocycles. The van der Waals surface area contributed by atoms with Crippen LogP contribution in [0.25, 0.3) is 10.9 Å². The predicted molar refractivity (Wildman–Crippen MR) is 86.2 cm³/mol. The number of pyridine rings is 1. The van der Waals surface area contributed by atoms with E-state index >= 15 is 0 Å². The maximum absolute atomic E-state index is 13.4. The summed E-state index contributed by atoms with van der Waals surface area (Å²) in [6, 6.07) is 4.66. The lowest BCUT2D eigenvalue weighted by atomic mass is 10.1. The monoisotopic (exact) mass is 352 g/mol. The van der Waals surface area contributed by atoms with E-state index in [1.807, 2.05) is 6.07 Å². The highest BCUT2D eigenvalue weighted by molar-refractivity contribution is 9.10. The molecule has 0 unspecified atom stereocenters. The van der Waals surface area contributed by atoms with Gasteiger partial charge >= 0.3 is 0 Å². The Hall–Kier alpha value is -1.20. The first-order valence-corrected chi connectivity index (χ1v) is 8.16. The SMILES string of the molecule is O=c1[nH]c2cc(F)cc(Br)c2cc1CCN1CCCCC1. The second-order valence-electron chi connectivity index (χ2n) is 5.62. The lowest BCUT2D eigenvalue weighted by molar-refractivity contribution is 0.231. The van der Waals surface area contributed by atoms with Crippen LogP contribution in [0.4, 0.5) is 4.39 Å². The van der Waals surface area contributed by atoms with E-state index in [-0.39, 0.29) is 11.4 Å². The van der Waals surface area contributed by atoms with E-state index in [0.717, 1.165) is 37.0 Å². The largest absolute Gasteiger partial charge is 0.322 e. The van der Waals surface area contributed by atoms with Gasteiger partial charge in [0.25, 0.3) is 5.56 Å². The molecule has 1 fully saturated rings. The third kappa shape index (κ3) is 3.35. The fourth-order valence-corrected chi connectivity index (χ4v) is 3.47. The first-order chi connectivity index (χ1) is 10.1. The molecule has 1 N–H and O–H groups in total. The fraction of sp³-hybridized carbons (Fsp3) is 0.438. The molecule has 5 heteroatoms. The highest BCUT2D eigenvalue weighted by Gasteiger charge is 2.12. The Morgan fingerprint density at radius 1 is 1.19 bits per heavy atom. The normalized spacial score (nSPS) is 16.5. The molecule has 0 spiro atoms. The van der Waals surface area contributed by atoms with Gasteiger partial charge in [-0.3, -0.25) is 4.79 Å². The van der Waals surface area contributed by atoms with Crippen molar-refractivity contribution in [2.24, 2.45) is 0 Å².